The molecular weight excluding hydrogens is 272 g/mol. The van der Waals surface area contributed by atoms with E-state index in [0.717, 1.165) is 29.4 Å². The molecule has 0 aliphatic carbocycles. The SMILES string of the molecule is C#CCN(CC#C)CCc1cn(CC#C)c2ccc(O)cc12. The molecule has 0 unspecified atom stereocenters. The van der Waals surface area contributed by atoms with Crippen LogP contribution >= 0.6 is 0 Å². The van der Waals surface area contributed by atoms with Crippen molar-refractivity contribution in [3.05, 3.63) is 30.0 Å². The van der Waals surface area contributed by atoms with E-state index in [1.54, 1.807) is 12.1 Å². The van der Waals surface area contributed by atoms with Gasteiger partial charge in [-0.3, -0.25) is 4.90 Å². The fourth-order valence-electron chi connectivity index (χ4n) is 2.54. The normalized spacial score (nSPS) is 10.3. The second-order valence-electron chi connectivity index (χ2n) is 5.06. The predicted octanol–water partition coefficient (Wildman–Crippen LogP) is 2.09. The summed E-state index contributed by atoms with van der Waals surface area (Å²) in [7, 11) is 0. The van der Waals surface area contributed by atoms with Gasteiger partial charge in [0.2, 0.25) is 0 Å². The highest BCUT2D eigenvalue weighted by molar-refractivity contribution is 5.85. The average molecular weight is 290 g/mol. The van der Waals surface area contributed by atoms with Gasteiger partial charge in [0.05, 0.1) is 19.6 Å². The maximum atomic E-state index is 9.73. The average Bonchev–Trinajstić information content (AvgIpc) is 2.83. The van der Waals surface area contributed by atoms with Crippen LogP contribution in [0.1, 0.15) is 5.56 Å². The fourth-order valence-corrected chi connectivity index (χ4v) is 2.54. The Kier molecular flexibility index (Phi) is 5.16. The van der Waals surface area contributed by atoms with Gasteiger partial charge < -0.3 is 9.67 Å². The summed E-state index contributed by atoms with van der Waals surface area (Å²) in [5.41, 5.74) is 2.14. The monoisotopic (exact) mass is 290 g/mol. The Morgan fingerprint density at radius 1 is 1.09 bits per heavy atom. The molecule has 0 fully saturated rings. The van der Waals surface area contributed by atoms with Crippen molar-refractivity contribution in [2.24, 2.45) is 0 Å². The smallest absolute Gasteiger partial charge is 0.116 e. The molecule has 110 valence electrons. The van der Waals surface area contributed by atoms with Crippen molar-refractivity contribution < 1.29 is 5.11 Å². The van der Waals surface area contributed by atoms with Crippen molar-refractivity contribution in [3.8, 4) is 42.8 Å². The zero-order valence-electron chi connectivity index (χ0n) is 12.4. The molecular formula is C19H18N2O. The highest BCUT2D eigenvalue weighted by atomic mass is 16.3. The van der Waals surface area contributed by atoms with Gasteiger partial charge in [-0.1, -0.05) is 17.8 Å². The maximum Gasteiger partial charge on any atom is 0.116 e. The summed E-state index contributed by atoms with van der Waals surface area (Å²) < 4.78 is 2.01. The van der Waals surface area contributed by atoms with E-state index in [0.29, 0.717) is 19.6 Å². The number of benzene rings is 1. The summed E-state index contributed by atoms with van der Waals surface area (Å²) in [6.45, 7) is 2.32. The third-order valence-electron chi connectivity index (χ3n) is 3.54. The molecule has 2 aromatic rings. The molecule has 0 aliphatic heterocycles. The van der Waals surface area contributed by atoms with Gasteiger partial charge in [0.15, 0.2) is 0 Å². The van der Waals surface area contributed by atoms with E-state index >= 15 is 0 Å². The highest BCUT2D eigenvalue weighted by Gasteiger charge is 2.10. The molecule has 1 aromatic carbocycles. The second-order valence-corrected chi connectivity index (χ2v) is 5.06. The molecule has 0 spiro atoms. The van der Waals surface area contributed by atoms with E-state index < -0.39 is 0 Å². The Labute approximate surface area is 131 Å². The van der Waals surface area contributed by atoms with E-state index in [4.69, 9.17) is 19.3 Å². The lowest BCUT2D eigenvalue weighted by molar-refractivity contribution is 0.350. The van der Waals surface area contributed by atoms with Gasteiger partial charge in [-0.15, -0.1) is 19.3 Å². The summed E-state index contributed by atoms with van der Waals surface area (Å²) in [4.78, 5) is 2.03. The molecule has 2 rings (SSSR count). The van der Waals surface area contributed by atoms with Gasteiger partial charge >= 0.3 is 0 Å². The number of hydrogen-bond donors (Lipinski definition) is 1. The lowest BCUT2D eigenvalue weighted by Crippen LogP contribution is -2.26. The number of fused-ring (bicyclic) bond motifs is 1. The third kappa shape index (κ3) is 3.44. The first kappa shape index (κ1) is 15.6. The number of rotatable bonds is 6. The van der Waals surface area contributed by atoms with Gasteiger partial charge in [0.1, 0.15) is 5.75 Å². The maximum absolute atomic E-state index is 9.73. The van der Waals surface area contributed by atoms with E-state index in [1.807, 2.05) is 21.7 Å². The van der Waals surface area contributed by atoms with Crippen LogP contribution in [0.3, 0.4) is 0 Å². The Morgan fingerprint density at radius 2 is 1.82 bits per heavy atom. The molecule has 0 saturated heterocycles. The van der Waals surface area contributed by atoms with Crippen molar-refractivity contribution in [3.63, 3.8) is 0 Å². The molecule has 0 bridgehead atoms. The first-order chi connectivity index (χ1) is 10.7. The van der Waals surface area contributed by atoms with Gasteiger partial charge in [0, 0.05) is 23.6 Å². The van der Waals surface area contributed by atoms with Crippen molar-refractivity contribution in [2.75, 3.05) is 19.6 Å². The number of aromatic hydroxyl groups is 1. The zero-order valence-corrected chi connectivity index (χ0v) is 12.4. The molecule has 0 atom stereocenters. The summed E-state index contributed by atoms with van der Waals surface area (Å²) >= 11 is 0. The Bertz CT molecular complexity index is 765. The van der Waals surface area contributed by atoms with E-state index in [2.05, 4.69) is 17.8 Å². The number of phenols is 1. The van der Waals surface area contributed by atoms with E-state index in [9.17, 15) is 5.11 Å². The molecule has 0 amide bonds. The van der Waals surface area contributed by atoms with Crippen LogP contribution < -0.4 is 0 Å². The van der Waals surface area contributed by atoms with E-state index in [1.165, 1.54) is 0 Å². The number of phenolic OH excluding ortho intramolecular Hbond substituents is 1. The molecule has 0 aliphatic rings. The number of hydrogen-bond acceptors (Lipinski definition) is 2. The van der Waals surface area contributed by atoms with Crippen LogP contribution in [0.25, 0.3) is 10.9 Å². The fraction of sp³-hybridized carbons (Fsp3) is 0.263. The van der Waals surface area contributed by atoms with Crippen LogP contribution in [0.4, 0.5) is 0 Å². The first-order valence-corrected chi connectivity index (χ1v) is 7.03. The van der Waals surface area contributed by atoms with Gasteiger partial charge in [-0.05, 0) is 30.2 Å². The Hall–Kier alpha value is -2.80. The highest BCUT2D eigenvalue weighted by Crippen LogP contribution is 2.26. The topological polar surface area (TPSA) is 28.4 Å². The van der Waals surface area contributed by atoms with Crippen LogP contribution in [0, 0.1) is 37.0 Å². The summed E-state index contributed by atoms with van der Waals surface area (Å²) in [6, 6.07) is 5.32. The van der Waals surface area contributed by atoms with Crippen LogP contribution in [0.15, 0.2) is 24.4 Å². The van der Waals surface area contributed by atoms with Gasteiger partial charge in [-0.2, -0.15) is 0 Å². The van der Waals surface area contributed by atoms with Crippen molar-refractivity contribution >= 4 is 10.9 Å². The summed E-state index contributed by atoms with van der Waals surface area (Å²) in [5, 5.41) is 10.7. The zero-order chi connectivity index (χ0) is 15.9. The molecule has 0 radical (unpaired) electrons. The largest absolute Gasteiger partial charge is 0.508 e. The van der Waals surface area contributed by atoms with Crippen molar-refractivity contribution in [1.29, 1.82) is 0 Å². The van der Waals surface area contributed by atoms with Crippen LogP contribution in [-0.4, -0.2) is 34.2 Å². The lowest BCUT2D eigenvalue weighted by Gasteiger charge is -2.16. The number of aromatic nitrogens is 1. The molecule has 3 nitrogen and oxygen atoms in total. The first-order valence-electron chi connectivity index (χ1n) is 7.03. The van der Waals surface area contributed by atoms with Crippen LogP contribution in [-0.2, 0) is 13.0 Å². The molecule has 0 saturated carbocycles. The predicted molar refractivity (Wildman–Crippen MR) is 90.2 cm³/mol. The number of nitrogens with zero attached hydrogens (tertiary/aromatic N) is 2. The lowest BCUT2D eigenvalue weighted by atomic mass is 10.1. The third-order valence-corrected chi connectivity index (χ3v) is 3.54. The minimum absolute atomic E-state index is 0.247. The standard InChI is InChI=1S/C19H18N2O/c1-4-10-20(11-5-2)13-9-16-15-21(12-6-3)19-8-7-17(22)14-18(16)19/h1-3,7-8,14-15,22H,9-13H2. The van der Waals surface area contributed by atoms with Gasteiger partial charge in [0.25, 0.3) is 0 Å². The van der Waals surface area contributed by atoms with E-state index in [-0.39, 0.29) is 5.75 Å². The van der Waals surface area contributed by atoms with Crippen molar-refractivity contribution in [1.82, 2.24) is 9.47 Å². The molecule has 22 heavy (non-hydrogen) atoms. The summed E-state index contributed by atoms with van der Waals surface area (Å²) in [5.74, 6) is 8.13. The number of terminal acetylenes is 3. The van der Waals surface area contributed by atoms with Gasteiger partial charge in [-0.25, -0.2) is 0 Å². The summed E-state index contributed by atoms with van der Waals surface area (Å²) in [6.07, 6.45) is 19.0. The Morgan fingerprint density at radius 3 is 2.45 bits per heavy atom. The second kappa shape index (κ2) is 7.28. The van der Waals surface area contributed by atoms with Crippen LogP contribution in [0.2, 0.25) is 0 Å². The quantitative estimate of drug-likeness (QED) is 0.825. The molecule has 3 heteroatoms. The van der Waals surface area contributed by atoms with Crippen molar-refractivity contribution in [2.45, 2.75) is 13.0 Å². The minimum Gasteiger partial charge on any atom is -0.508 e. The van der Waals surface area contributed by atoms with Crippen LogP contribution in [0.5, 0.6) is 5.75 Å². The molecule has 1 aromatic heterocycles. The Balaban J connectivity index is 2.27. The molecule has 1 heterocycles. The minimum atomic E-state index is 0.247. The molecule has 1 N–H and O–H groups in total.